The predicted octanol–water partition coefficient (Wildman–Crippen LogP) is 2.72. The fraction of sp³-hybridized carbons (Fsp3) is 0.222. The van der Waals surface area contributed by atoms with E-state index >= 15 is 0 Å². The Hall–Kier alpha value is -1.11. The topological polar surface area (TPSA) is 12.4 Å². The fourth-order valence-corrected chi connectivity index (χ4v) is 0.404. The molecule has 0 bridgehead atoms. The van der Waals surface area contributed by atoms with E-state index in [9.17, 15) is 0 Å². The zero-order chi connectivity index (χ0) is 7.98. The lowest BCUT2D eigenvalue weighted by atomic mass is 10.3. The quantitative estimate of drug-likeness (QED) is 0.417. The van der Waals surface area contributed by atoms with E-state index < -0.39 is 0 Å². The molecule has 1 heteroatoms. The van der Waals surface area contributed by atoms with Crippen LogP contribution in [-0.2, 0) is 0 Å². The van der Waals surface area contributed by atoms with E-state index in [2.05, 4.69) is 18.3 Å². The third kappa shape index (κ3) is 5.04. The Morgan fingerprint density at radius 2 is 2.00 bits per heavy atom. The van der Waals surface area contributed by atoms with Gasteiger partial charge in [0.2, 0.25) is 0 Å². The van der Waals surface area contributed by atoms with Crippen molar-refractivity contribution < 1.29 is 0 Å². The smallest absolute Gasteiger partial charge is 0.0550 e. The number of rotatable bonds is 3. The van der Waals surface area contributed by atoms with E-state index in [0.717, 1.165) is 0 Å². The first-order valence-corrected chi connectivity index (χ1v) is 3.14. The molecule has 0 radical (unpaired) electrons. The minimum Gasteiger partial charge on any atom is -0.265 e. The summed E-state index contributed by atoms with van der Waals surface area (Å²) in [4.78, 5) is 3.62. The molecule has 10 heavy (non-hydrogen) atoms. The Morgan fingerprint density at radius 3 is 2.40 bits per heavy atom. The number of hydrogen-bond acceptors (Lipinski definition) is 1. The molecule has 0 saturated heterocycles. The van der Waals surface area contributed by atoms with E-state index in [0.29, 0.717) is 5.70 Å². The maximum atomic E-state index is 3.62. The maximum Gasteiger partial charge on any atom is 0.0550 e. The first kappa shape index (κ1) is 8.89. The summed E-state index contributed by atoms with van der Waals surface area (Å²) in [5.74, 6) is 0. The van der Waals surface area contributed by atoms with Crippen LogP contribution < -0.4 is 0 Å². The van der Waals surface area contributed by atoms with Gasteiger partial charge in [-0.3, -0.25) is 4.99 Å². The third-order valence-corrected chi connectivity index (χ3v) is 0.921. The van der Waals surface area contributed by atoms with Gasteiger partial charge in [-0.15, -0.1) is 0 Å². The molecule has 0 rings (SSSR count). The lowest BCUT2D eigenvalue weighted by Gasteiger charge is -1.84. The average Bonchev–Trinajstić information content (AvgIpc) is 1.87. The number of allylic oxidation sites excluding steroid dienone is 4. The molecule has 0 aromatic heterocycles. The summed E-state index contributed by atoms with van der Waals surface area (Å²) in [6.07, 6.45) is 5.72. The Labute approximate surface area is 62.5 Å². The highest BCUT2D eigenvalue weighted by Gasteiger charge is 1.75. The van der Waals surface area contributed by atoms with Crippen LogP contribution in [0.25, 0.3) is 0 Å². The third-order valence-electron chi connectivity index (χ3n) is 0.921. The Morgan fingerprint density at radius 1 is 1.40 bits per heavy atom. The minimum atomic E-state index is 0.692. The van der Waals surface area contributed by atoms with Crippen molar-refractivity contribution >= 4 is 6.72 Å². The Kier molecular flexibility index (Phi) is 4.21. The standard InChI is InChI=1S/C9H13N/c1-8(2)6-5-7-9(3)10-4/h5-7H,3-4H2,1-2H3. The van der Waals surface area contributed by atoms with Gasteiger partial charge >= 0.3 is 0 Å². The van der Waals surface area contributed by atoms with Crippen molar-refractivity contribution in [1.29, 1.82) is 0 Å². The normalized spacial score (nSPS) is 9.40. The number of aliphatic imine (C=N–C) groups is 1. The van der Waals surface area contributed by atoms with E-state index in [1.165, 1.54) is 5.57 Å². The van der Waals surface area contributed by atoms with Gasteiger partial charge in [-0.05, 0) is 26.6 Å². The van der Waals surface area contributed by atoms with Crippen LogP contribution in [0.4, 0.5) is 0 Å². The molecule has 0 heterocycles. The van der Waals surface area contributed by atoms with Crippen LogP contribution >= 0.6 is 0 Å². The van der Waals surface area contributed by atoms with E-state index in [4.69, 9.17) is 0 Å². The van der Waals surface area contributed by atoms with Gasteiger partial charge in [0.05, 0.1) is 5.70 Å². The molecule has 0 saturated carbocycles. The minimum absolute atomic E-state index is 0.692. The highest BCUT2D eigenvalue weighted by Crippen LogP contribution is 1.95. The molecule has 0 aromatic rings. The summed E-state index contributed by atoms with van der Waals surface area (Å²) < 4.78 is 0. The van der Waals surface area contributed by atoms with Crippen molar-refractivity contribution in [2.24, 2.45) is 4.99 Å². The van der Waals surface area contributed by atoms with Gasteiger partial charge in [0.25, 0.3) is 0 Å². The first-order chi connectivity index (χ1) is 4.66. The van der Waals surface area contributed by atoms with Crippen molar-refractivity contribution in [3.05, 3.63) is 36.1 Å². The number of nitrogens with zero attached hydrogens (tertiary/aromatic N) is 1. The molecule has 0 N–H and O–H groups in total. The molecule has 0 aromatic carbocycles. The second-order valence-corrected chi connectivity index (χ2v) is 2.25. The zero-order valence-electron chi connectivity index (χ0n) is 6.59. The molecular formula is C9H13N. The van der Waals surface area contributed by atoms with E-state index in [1.807, 2.05) is 32.1 Å². The second kappa shape index (κ2) is 4.74. The Balaban J connectivity index is 3.89. The van der Waals surface area contributed by atoms with Gasteiger partial charge in [-0.1, -0.05) is 24.3 Å². The monoisotopic (exact) mass is 135 g/mol. The van der Waals surface area contributed by atoms with Crippen LogP contribution in [-0.4, -0.2) is 6.72 Å². The van der Waals surface area contributed by atoms with Gasteiger partial charge in [0.1, 0.15) is 0 Å². The van der Waals surface area contributed by atoms with Crippen LogP contribution in [0.1, 0.15) is 13.8 Å². The van der Waals surface area contributed by atoms with Gasteiger partial charge in [-0.25, -0.2) is 0 Å². The van der Waals surface area contributed by atoms with Gasteiger partial charge in [0, 0.05) is 0 Å². The zero-order valence-corrected chi connectivity index (χ0v) is 6.59. The van der Waals surface area contributed by atoms with Crippen molar-refractivity contribution in [3.8, 4) is 0 Å². The summed E-state index contributed by atoms with van der Waals surface area (Å²) in [6.45, 7) is 11.0. The van der Waals surface area contributed by atoms with Gasteiger partial charge in [-0.2, -0.15) is 0 Å². The van der Waals surface area contributed by atoms with Crippen LogP contribution in [0.3, 0.4) is 0 Å². The molecule has 0 amide bonds. The van der Waals surface area contributed by atoms with Crippen LogP contribution in [0.5, 0.6) is 0 Å². The lowest BCUT2D eigenvalue weighted by Crippen LogP contribution is -1.64. The van der Waals surface area contributed by atoms with E-state index in [-0.39, 0.29) is 0 Å². The molecule has 0 unspecified atom stereocenters. The molecule has 0 aliphatic heterocycles. The highest BCUT2D eigenvalue weighted by molar-refractivity contribution is 5.32. The average molecular weight is 135 g/mol. The summed E-state index contributed by atoms with van der Waals surface area (Å²) in [6, 6.07) is 0. The molecular weight excluding hydrogens is 122 g/mol. The predicted molar refractivity (Wildman–Crippen MR) is 47.3 cm³/mol. The van der Waals surface area contributed by atoms with Crippen molar-refractivity contribution in [2.75, 3.05) is 0 Å². The SMILES string of the molecule is C=NC(=C)C=CC=C(C)C. The highest BCUT2D eigenvalue weighted by atomic mass is 14.7. The van der Waals surface area contributed by atoms with Gasteiger partial charge < -0.3 is 0 Å². The Bertz CT molecular complexity index is 181. The van der Waals surface area contributed by atoms with Crippen molar-refractivity contribution in [1.82, 2.24) is 0 Å². The van der Waals surface area contributed by atoms with Crippen molar-refractivity contribution in [2.45, 2.75) is 13.8 Å². The molecule has 0 atom stereocenters. The molecule has 0 spiro atoms. The van der Waals surface area contributed by atoms with Crippen LogP contribution in [0.2, 0.25) is 0 Å². The van der Waals surface area contributed by atoms with Crippen LogP contribution in [0.15, 0.2) is 41.1 Å². The largest absolute Gasteiger partial charge is 0.265 e. The fourth-order valence-electron chi connectivity index (χ4n) is 0.404. The summed E-state index contributed by atoms with van der Waals surface area (Å²) in [5, 5.41) is 0. The molecule has 1 nitrogen and oxygen atoms in total. The maximum absolute atomic E-state index is 3.62. The summed E-state index contributed by atoms with van der Waals surface area (Å²) >= 11 is 0. The van der Waals surface area contributed by atoms with Crippen LogP contribution in [0, 0.1) is 0 Å². The van der Waals surface area contributed by atoms with E-state index in [1.54, 1.807) is 0 Å². The number of hydrogen-bond donors (Lipinski definition) is 0. The first-order valence-electron chi connectivity index (χ1n) is 3.14. The molecule has 0 fully saturated rings. The molecule has 0 aliphatic carbocycles. The molecule has 54 valence electrons. The van der Waals surface area contributed by atoms with Crippen molar-refractivity contribution in [3.63, 3.8) is 0 Å². The second-order valence-electron chi connectivity index (χ2n) is 2.25. The lowest BCUT2D eigenvalue weighted by molar-refractivity contribution is 1.39. The summed E-state index contributed by atoms with van der Waals surface area (Å²) in [5.41, 5.74) is 1.95. The van der Waals surface area contributed by atoms with Gasteiger partial charge in [0.15, 0.2) is 0 Å². The molecule has 0 aliphatic rings. The summed E-state index contributed by atoms with van der Waals surface area (Å²) in [7, 11) is 0.